The van der Waals surface area contributed by atoms with Crippen LogP contribution in [0.5, 0.6) is 5.75 Å². The van der Waals surface area contributed by atoms with Gasteiger partial charge in [-0.05, 0) is 6.07 Å². The lowest BCUT2D eigenvalue weighted by Crippen LogP contribution is -2.10. The Morgan fingerprint density at radius 2 is 2.06 bits per heavy atom. The zero-order valence-electron chi connectivity index (χ0n) is 9.01. The van der Waals surface area contributed by atoms with Gasteiger partial charge in [-0.25, -0.2) is 4.98 Å². The molecule has 8 heteroatoms. The van der Waals surface area contributed by atoms with Crippen LogP contribution in [0.1, 0.15) is 0 Å². The molecule has 3 rings (SSSR count). The van der Waals surface area contributed by atoms with Gasteiger partial charge in [0, 0.05) is 11.8 Å². The van der Waals surface area contributed by atoms with Crippen molar-refractivity contribution in [3.63, 3.8) is 0 Å². The molecule has 3 aromatic rings. The summed E-state index contributed by atoms with van der Waals surface area (Å²) in [5, 5.41) is 9.34. The molecule has 0 aromatic carbocycles. The summed E-state index contributed by atoms with van der Waals surface area (Å²) in [5.41, 5.74) is 6.01. The van der Waals surface area contributed by atoms with Gasteiger partial charge in [-0.15, -0.1) is 0 Å². The van der Waals surface area contributed by atoms with E-state index in [1.807, 2.05) is 0 Å². The van der Waals surface area contributed by atoms with Crippen molar-refractivity contribution in [3.05, 3.63) is 28.8 Å². The molecule has 18 heavy (non-hydrogen) atoms. The summed E-state index contributed by atoms with van der Waals surface area (Å²) in [7, 11) is 0. The molecular formula is C10H8N6O2. The van der Waals surface area contributed by atoms with E-state index in [-0.39, 0.29) is 22.9 Å². The third-order valence-corrected chi connectivity index (χ3v) is 2.38. The topological polar surface area (TPSA) is 134 Å². The lowest BCUT2D eigenvalue weighted by molar-refractivity contribution is 0.473. The van der Waals surface area contributed by atoms with Gasteiger partial charge in [-0.3, -0.25) is 14.8 Å². The van der Waals surface area contributed by atoms with Gasteiger partial charge in [0.25, 0.3) is 5.56 Å². The molecule has 5 N–H and O–H groups in total. The Morgan fingerprint density at radius 3 is 2.83 bits per heavy atom. The normalized spacial score (nSPS) is 10.9. The van der Waals surface area contributed by atoms with Gasteiger partial charge in [0.1, 0.15) is 11.6 Å². The van der Waals surface area contributed by atoms with Gasteiger partial charge in [0.05, 0.1) is 6.20 Å². The molecule has 3 aromatic heterocycles. The molecule has 0 amide bonds. The average molecular weight is 244 g/mol. The van der Waals surface area contributed by atoms with Crippen molar-refractivity contribution in [2.24, 2.45) is 0 Å². The first-order valence-corrected chi connectivity index (χ1v) is 5.03. The number of aromatic hydroxyl groups is 1. The van der Waals surface area contributed by atoms with Gasteiger partial charge >= 0.3 is 0 Å². The number of anilines is 1. The second-order valence-corrected chi connectivity index (χ2v) is 3.67. The predicted molar refractivity (Wildman–Crippen MR) is 63.8 cm³/mol. The number of hydrogen-bond acceptors (Lipinski definition) is 6. The SMILES string of the molecule is Nc1nc2nc(-c3cncc(O)c3)[nH]c2c(=O)[nH]1. The van der Waals surface area contributed by atoms with Crippen molar-refractivity contribution in [2.45, 2.75) is 0 Å². The van der Waals surface area contributed by atoms with E-state index < -0.39 is 5.56 Å². The Kier molecular flexibility index (Phi) is 2.03. The summed E-state index contributed by atoms with van der Waals surface area (Å²) in [4.78, 5) is 28.6. The van der Waals surface area contributed by atoms with Crippen LogP contribution in [0.2, 0.25) is 0 Å². The van der Waals surface area contributed by atoms with Gasteiger partial charge in [0.2, 0.25) is 5.95 Å². The number of aromatic nitrogens is 5. The molecule has 3 heterocycles. The molecule has 0 saturated carbocycles. The maximum atomic E-state index is 11.6. The van der Waals surface area contributed by atoms with Crippen molar-refractivity contribution in [3.8, 4) is 17.1 Å². The highest BCUT2D eigenvalue weighted by Gasteiger charge is 2.10. The number of fused-ring (bicyclic) bond motifs is 1. The molecule has 90 valence electrons. The number of rotatable bonds is 1. The average Bonchev–Trinajstić information content (AvgIpc) is 2.73. The van der Waals surface area contributed by atoms with Crippen LogP contribution in [0.25, 0.3) is 22.6 Å². The second kappa shape index (κ2) is 3.55. The maximum absolute atomic E-state index is 11.6. The highest BCUT2D eigenvalue weighted by Crippen LogP contribution is 2.20. The zero-order valence-corrected chi connectivity index (χ0v) is 9.01. The summed E-state index contributed by atoms with van der Waals surface area (Å²) in [6, 6.07) is 1.47. The number of nitrogen functional groups attached to an aromatic ring is 1. The van der Waals surface area contributed by atoms with Crippen LogP contribution in [0.3, 0.4) is 0 Å². The Labute approximate surface area is 99.6 Å². The molecule has 0 aliphatic heterocycles. The van der Waals surface area contributed by atoms with Crippen LogP contribution in [0.4, 0.5) is 5.95 Å². The number of nitrogens with two attached hydrogens (primary N) is 1. The van der Waals surface area contributed by atoms with Gasteiger partial charge in [-0.2, -0.15) is 4.98 Å². The number of nitrogens with one attached hydrogen (secondary N) is 2. The number of H-pyrrole nitrogens is 2. The molecule has 0 spiro atoms. The van der Waals surface area contributed by atoms with E-state index in [4.69, 9.17) is 5.73 Å². The smallest absolute Gasteiger partial charge is 0.278 e. The fourth-order valence-electron chi connectivity index (χ4n) is 1.62. The van der Waals surface area contributed by atoms with E-state index >= 15 is 0 Å². The van der Waals surface area contributed by atoms with E-state index in [1.54, 1.807) is 0 Å². The molecular weight excluding hydrogens is 236 g/mol. The summed E-state index contributed by atoms with van der Waals surface area (Å²) < 4.78 is 0. The first-order chi connectivity index (χ1) is 8.63. The van der Waals surface area contributed by atoms with Crippen molar-refractivity contribution in [1.82, 2.24) is 24.9 Å². The number of hydrogen-bond donors (Lipinski definition) is 4. The van der Waals surface area contributed by atoms with E-state index in [9.17, 15) is 9.90 Å². The maximum Gasteiger partial charge on any atom is 0.278 e. The minimum Gasteiger partial charge on any atom is -0.506 e. The van der Waals surface area contributed by atoms with Crippen LogP contribution in [0.15, 0.2) is 23.3 Å². The Bertz CT molecular complexity index is 790. The first kappa shape index (κ1) is 10.3. The van der Waals surface area contributed by atoms with Crippen LogP contribution in [-0.4, -0.2) is 30.0 Å². The largest absolute Gasteiger partial charge is 0.506 e. The lowest BCUT2D eigenvalue weighted by atomic mass is 10.3. The molecule has 0 unspecified atom stereocenters. The fourth-order valence-corrected chi connectivity index (χ4v) is 1.62. The molecule has 0 saturated heterocycles. The molecule has 0 radical (unpaired) electrons. The first-order valence-electron chi connectivity index (χ1n) is 5.03. The van der Waals surface area contributed by atoms with Crippen LogP contribution >= 0.6 is 0 Å². The number of aromatic amines is 2. The van der Waals surface area contributed by atoms with Crippen molar-refractivity contribution in [1.29, 1.82) is 0 Å². The molecule has 0 fully saturated rings. The zero-order chi connectivity index (χ0) is 12.7. The van der Waals surface area contributed by atoms with E-state index in [0.717, 1.165) is 0 Å². The van der Waals surface area contributed by atoms with Gasteiger partial charge < -0.3 is 15.8 Å². The lowest BCUT2D eigenvalue weighted by Gasteiger charge is -1.95. The van der Waals surface area contributed by atoms with Gasteiger partial charge in [-0.1, -0.05) is 0 Å². The highest BCUT2D eigenvalue weighted by molar-refractivity contribution is 5.75. The van der Waals surface area contributed by atoms with Crippen LogP contribution in [0, 0.1) is 0 Å². The molecule has 0 atom stereocenters. The molecule has 0 bridgehead atoms. The van der Waals surface area contributed by atoms with Crippen LogP contribution < -0.4 is 11.3 Å². The van der Waals surface area contributed by atoms with E-state index in [2.05, 4.69) is 24.9 Å². The Hall–Kier alpha value is -2.90. The molecule has 0 aliphatic rings. The quantitative estimate of drug-likeness (QED) is 0.476. The third-order valence-electron chi connectivity index (χ3n) is 2.38. The van der Waals surface area contributed by atoms with Crippen molar-refractivity contribution < 1.29 is 5.11 Å². The minimum absolute atomic E-state index is 0.000385. The fraction of sp³-hybridized carbons (Fsp3) is 0. The monoisotopic (exact) mass is 244 g/mol. The number of pyridine rings is 1. The van der Waals surface area contributed by atoms with Crippen molar-refractivity contribution >= 4 is 17.1 Å². The summed E-state index contributed by atoms with van der Waals surface area (Å²) in [5.74, 6) is 0.394. The van der Waals surface area contributed by atoms with Crippen LogP contribution in [-0.2, 0) is 0 Å². The predicted octanol–water partition coefficient (Wildman–Crippen LogP) is -0.00400. The highest BCUT2D eigenvalue weighted by atomic mass is 16.3. The van der Waals surface area contributed by atoms with E-state index in [1.165, 1.54) is 18.5 Å². The number of imidazole rings is 1. The third kappa shape index (κ3) is 1.56. The van der Waals surface area contributed by atoms with Crippen molar-refractivity contribution in [2.75, 3.05) is 5.73 Å². The van der Waals surface area contributed by atoms with Gasteiger partial charge in [0.15, 0.2) is 11.2 Å². The number of nitrogens with zero attached hydrogens (tertiary/aromatic N) is 3. The minimum atomic E-state index is -0.399. The second-order valence-electron chi connectivity index (χ2n) is 3.67. The molecule has 8 nitrogen and oxygen atoms in total. The van der Waals surface area contributed by atoms with E-state index in [0.29, 0.717) is 11.4 Å². The Balaban J connectivity index is 2.26. The summed E-state index contributed by atoms with van der Waals surface area (Å²) in [6.07, 6.45) is 2.81. The summed E-state index contributed by atoms with van der Waals surface area (Å²) in [6.45, 7) is 0. The molecule has 0 aliphatic carbocycles. The standard InChI is InChI=1S/C10H8N6O2/c11-10-15-8-6(9(18)16-10)13-7(14-8)4-1-5(17)3-12-2-4/h1-3,17H,(H4,11,13,14,15,16,18). The Morgan fingerprint density at radius 1 is 1.22 bits per heavy atom. The summed E-state index contributed by atoms with van der Waals surface area (Å²) >= 11 is 0.